The van der Waals surface area contributed by atoms with Crippen molar-refractivity contribution in [3.8, 4) is 11.3 Å². The molecule has 4 rings (SSSR count). The van der Waals surface area contributed by atoms with E-state index in [0.717, 1.165) is 0 Å². The molecule has 10 heteroatoms. The number of aryl methyl sites for hydroxylation is 2. The van der Waals surface area contributed by atoms with E-state index < -0.39 is 30.0 Å². The minimum absolute atomic E-state index is 0.0510. The van der Waals surface area contributed by atoms with E-state index in [0.29, 0.717) is 24.1 Å². The van der Waals surface area contributed by atoms with Crippen LogP contribution in [-0.2, 0) is 0 Å². The van der Waals surface area contributed by atoms with Gasteiger partial charge in [-0.3, -0.25) is 4.79 Å². The van der Waals surface area contributed by atoms with Crippen LogP contribution in [0, 0.1) is 25.7 Å². The Bertz CT molecular complexity index is 1100. The van der Waals surface area contributed by atoms with Gasteiger partial charge in [0, 0.05) is 11.9 Å². The molecule has 6 nitrogen and oxygen atoms in total. The van der Waals surface area contributed by atoms with Gasteiger partial charge >= 0.3 is 6.18 Å². The largest absolute Gasteiger partial charge is 0.408 e. The maximum absolute atomic E-state index is 14.2. The van der Waals surface area contributed by atoms with Gasteiger partial charge in [0.1, 0.15) is 11.6 Å². The molecule has 3 aromatic rings. The quantitative estimate of drug-likeness (QED) is 0.530. The summed E-state index contributed by atoms with van der Waals surface area (Å²) < 4.78 is 55.3. The van der Waals surface area contributed by atoms with Crippen LogP contribution in [0.5, 0.6) is 0 Å². The molecule has 0 aliphatic heterocycles. The van der Waals surface area contributed by atoms with Crippen LogP contribution in [0.4, 0.5) is 17.6 Å². The number of fused-ring (bicyclic) bond motifs is 1. The predicted molar refractivity (Wildman–Crippen MR) is 95.7 cm³/mol. The van der Waals surface area contributed by atoms with E-state index in [2.05, 4.69) is 20.4 Å². The molecule has 0 unspecified atom stereocenters. The van der Waals surface area contributed by atoms with Gasteiger partial charge in [-0.2, -0.15) is 22.7 Å². The number of nitrogens with one attached hydrogen (secondary N) is 1. The topological polar surface area (TPSA) is 72.2 Å². The average molecular weight is 407 g/mol. The molecule has 1 fully saturated rings. The Kier molecular flexibility index (Phi) is 4.51. The molecule has 0 aromatic carbocycles. The molecular weight excluding hydrogens is 390 g/mol. The van der Waals surface area contributed by atoms with Crippen LogP contribution in [0.3, 0.4) is 0 Å². The number of carbonyl (C=O) groups is 1. The summed E-state index contributed by atoms with van der Waals surface area (Å²) in [6, 6.07) is 1.22. The van der Waals surface area contributed by atoms with Crippen LogP contribution in [0.2, 0.25) is 0 Å². The van der Waals surface area contributed by atoms with Crippen molar-refractivity contribution < 1.29 is 22.4 Å². The summed E-state index contributed by atoms with van der Waals surface area (Å²) in [4.78, 5) is 20.6. The van der Waals surface area contributed by atoms with Crippen molar-refractivity contribution in [2.45, 2.75) is 38.9 Å². The number of amides is 1. The summed E-state index contributed by atoms with van der Waals surface area (Å²) in [5, 5.41) is 6.12. The Hall–Kier alpha value is -3.04. The lowest BCUT2D eigenvalue weighted by Crippen LogP contribution is -2.46. The molecule has 3 heterocycles. The number of pyridine rings is 1. The number of hydrogen-bond donors (Lipinski definition) is 1. The standard InChI is InChI=1S/C19H17F4N5O/c1-9-5-12(16(20)24-7-9)14-6-10(2)28-17(26-14)13(8-25-28)18(29)27-15(11-3-4-11)19(21,22)23/h5-8,11,15H,3-4H2,1-2H3,(H,27,29)/t15-/m0/s1. The zero-order chi connectivity index (χ0) is 20.9. The summed E-state index contributed by atoms with van der Waals surface area (Å²) in [5.74, 6) is -2.26. The lowest BCUT2D eigenvalue weighted by atomic mass is 10.1. The van der Waals surface area contributed by atoms with E-state index in [1.165, 1.54) is 16.9 Å². The molecule has 0 bridgehead atoms. The highest BCUT2D eigenvalue weighted by atomic mass is 19.4. The predicted octanol–water partition coefficient (Wildman–Crippen LogP) is 3.62. The first kappa shape index (κ1) is 19.3. The minimum Gasteiger partial charge on any atom is -0.340 e. The van der Waals surface area contributed by atoms with Gasteiger partial charge in [-0.25, -0.2) is 14.5 Å². The van der Waals surface area contributed by atoms with Crippen molar-refractivity contribution in [3.05, 3.63) is 47.3 Å². The van der Waals surface area contributed by atoms with Crippen LogP contribution in [-0.4, -0.2) is 37.7 Å². The monoisotopic (exact) mass is 407 g/mol. The fourth-order valence-electron chi connectivity index (χ4n) is 3.26. The van der Waals surface area contributed by atoms with E-state index in [4.69, 9.17) is 0 Å². The lowest BCUT2D eigenvalue weighted by molar-refractivity contribution is -0.158. The number of carbonyl (C=O) groups excluding carboxylic acids is 1. The number of alkyl halides is 3. The Morgan fingerprint density at radius 1 is 1.24 bits per heavy atom. The number of nitrogens with zero attached hydrogens (tertiary/aromatic N) is 4. The molecule has 1 amide bonds. The third-order valence-electron chi connectivity index (χ3n) is 4.88. The second-order valence-corrected chi connectivity index (χ2v) is 7.26. The molecule has 0 saturated heterocycles. The summed E-state index contributed by atoms with van der Waals surface area (Å²) >= 11 is 0. The second kappa shape index (κ2) is 6.78. The molecule has 29 heavy (non-hydrogen) atoms. The fraction of sp³-hybridized carbons (Fsp3) is 0.368. The van der Waals surface area contributed by atoms with Gasteiger partial charge < -0.3 is 5.32 Å². The van der Waals surface area contributed by atoms with Gasteiger partial charge in [-0.1, -0.05) is 0 Å². The van der Waals surface area contributed by atoms with Gasteiger partial charge in [0.15, 0.2) is 5.65 Å². The summed E-state index contributed by atoms with van der Waals surface area (Å²) in [6.45, 7) is 3.42. The molecule has 1 saturated carbocycles. The fourth-order valence-corrected chi connectivity index (χ4v) is 3.26. The SMILES string of the molecule is Cc1cnc(F)c(-c2cc(C)n3ncc(C(=O)N[C@@H](C4CC4)C(F)(F)F)c3n2)c1. The molecule has 1 aliphatic rings. The average Bonchev–Trinajstić information content (AvgIpc) is 3.38. The van der Waals surface area contributed by atoms with E-state index in [1.807, 2.05) is 0 Å². The Balaban J connectivity index is 1.75. The summed E-state index contributed by atoms with van der Waals surface area (Å²) in [7, 11) is 0. The van der Waals surface area contributed by atoms with Crippen LogP contribution >= 0.6 is 0 Å². The number of rotatable bonds is 4. The van der Waals surface area contributed by atoms with Crippen molar-refractivity contribution in [1.82, 2.24) is 24.9 Å². The molecule has 1 N–H and O–H groups in total. The Morgan fingerprint density at radius 3 is 2.62 bits per heavy atom. The zero-order valence-corrected chi connectivity index (χ0v) is 15.6. The molecule has 0 radical (unpaired) electrons. The maximum atomic E-state index is 14.2. The van der Waals surface area contributed by atoms with Crippen LogP contribution in [0.15, 0.2) is 24.5 Å². The smallest absolute Gasteiger partial charge is 0.340 e. The highest BCUT2D eigenvalue weighted by molar-refractivity contribution is 6.00. The second-order valence-electron chi connectivity index (χ2n) is 7.26. The van der Waals surface area contributed by atoms with E-state index >= 15 is 0 Å². The van der Waals surface area contributed by atoms with E-state index in [1.54, 1.807) is 26.0 Å². The van der Waals surface area contributed by atoms with Crippen LogP contribution in [0.25, 0.3) is 16.9 Å². The Labute approximate surface area is 163 Å². The minimum atomic E-state index is -4.54. The zero-order valence-electron chi connectivity index (χ0n) is 15.6. The summed E-state index contributed by atoms with van der Waals surface area (Å²) in [5.41, 5.74) is 1.55. The molecule has 152 valence electrons. The van der Waals surface area contributed by atoms with Crippen molar-refractivity contribution in [3.63, 3.8) is 0 Å². The van der Waals surface area contributed by atoms with Crippen molar-refractivity contribution >= 4 is 11.6 Å². The summed E-state index contributed by atoms with van der Waals surface area (Å²) in [6.07, 6.45) is -1.16. The van der Waals surface area contributed by atoms with Gasteiger partial charge in [0.25, 0.3) is 5.91 Å². The van der Waals surface area contributed by atoms with Crippen molar-refractivity contribution in [2.75, 3.05) is 0 Å². The van der Waals surface area contributed by atoms with E-state index in [-0.39, 0.29) is 22.5 Å². The number of halogens is 4. The third kappa shape index (κ3) is 3.66. The highest BCUT2D eigenvalue weighted by Crippen LogP contribution is 2.40. The maximum Gasteiger partial charge on any atom is 0.408 e. The first-order chi connectivity index (χ1) is 13.6. The van der Waals surface area contributed by atoms with Crippen molar-refractivity contribution in [1.29, 1.82) is 0 Å². The van der Waals surface area contributed by atoms with Gasteiger partial charge in [0.05, 0.1) is 17.5 Å². The van der Waals surface area contributed by atoms with Crippen LogP contribution < -0.4 is 5.32 Å². The highest BCUT2D eigenvalue weighted by Gasteiger charge is 2.49. The third-order valence-corrected chi connectivity index (χ3v) is 4.88. The molecule has 1 aliphatic carbocycles. The molecule has 3 aromatic heterocycles. The van der Waals surface area contributed by atoms with Gasteiger partial charge in [-0.05, 0) is 50.3 Å². The van der Waals surface area contributed by atoms with E-state index in [9.17, 15) is 22.4 Å². The number of aromatic nitrogens is 4. The first-order valence-corrected chi connectivity index (χ1v) is 9.00. The van der Waals surface area contributed by atoms with Gasteiger partial charge in [-0.15, -0.1) is 0 Å². The molecule has 1 atom stereocenters. The van der Waals surface area contributed by atoms with Crippen LogP contribution in [0.1, 0.15) is 34.5 Å². The Morgan fingerprint density at radius 2 is 1.97 bits per heavy atom. The number of hydrogen-bond acceptors (Lipinski definition) is 4. The molecular formula is C19H17F4N5O. The van der Waals surface area contributed by atoms with Gasteiger partial charge in [0.2, 0.25) is 5.95 Å². The molecule has 0 spiro atoms. The first-order valence-electron chi connectivity index (χ1n) is 9.00. The lowest BCUT2D eigenvalue weighted by Gasteiger charge is -2.20. The normalized spacial score (nSPS) is 15.5. The van der Waals surface area contributed by atoms with Crippen molar-refractivity contribution in [2.24, 2.45) is 5.92 Å².